The molecule has 0 aliphatic heterocycles. The van der Waals surface area contributed by atoms with E-state index in [0.717, 1.165) is 25.7 Å². The summed E-state index contributed by atoms with van der Waals surface area (Å²) in [5.41, 5.74) is 0.724. The molecular formula is C16H19N3O3. The van der Waals surface area contributed by atoms with E-state index in [-0.39, 0.29) is 28.7 Å². The van der Waals surface area contributed by atoms with Crippen LogP contribution in [0.1, 0.15) is 44.1 Å². The number of Topliss-reactive ketones (excluding diaryl/α,β-unsaturated/α-hetero) is 1. The van der Waals surface area contributed by atoms with Crippen LogP contribution in [-0.2, 0) is 11.8 Å². The maximum absolute atomic E-state index is 12.6. The fourth-order valence-corrected chi connectivity index (χ4v) is 3.41. The predicted molar refractivity (Wildman–Crippen MR) is 83.0 cm³/mol. The molecule has 0 amide bonds. The molecule has 1 N–H and O–H groups in total. The van der Waals surface area contributed by atoms with Crippen LogP contribution in [0.25, 0.3) is 11.0 Å². The molecule has 3 rings (SSSR count). The SMILES string of the molecule is CC(=O)C1CCC(c2cc3c(=O)[nH]cnc3n(C)c2=O)CC1. The first-order chi connectivity index (χ1) is 10.5. The molecule has 1 aliphatic rings. The van der Waals surface area contributed by atoms with Crippen molar-refractivity contribution in [3.63, 3.8) is 0 Å². The largest absolute Gasteiger partial charge is 0.313 e. The lowest BCUT2D eigenvalue weighted by molar-refractivity contribution is -0.121. The Morgan fingerprint density at radius 2 is 1.95 bits per heavy atom. The number of carbonyl (C=O) groups excluding carboxylic acids is 1. The van der Waals surface area contributed by atoms with Crippen molar-refractivity contribution >= 4 is 16.8 Å². The third kappa shape index (κ3) is 2.38. The van der Waals surface area contributed by atoms with Gasteiger partial charge in [0.2, 0.25) is 0 Å². The number of aromatic amines is 1. The zero-order valence-corrected chi connectivity index (χ0v) is 12.8. The standard InChI is InChI=1S/C16H19N3O3/c1-9(20)10-3-5-11(6-4-10)12-7-13-14(19(2)16(12)22)17-8-18-15(13)21/h7-8,10-11H,3-6H2,1-2H3,(H,17,18,21). The van der Waals surface area contributed by atoms with E-state index in [1.807, 2.05) is 0 Å². The highest BCUT2D eigenvalue weighted by molar-refractivity contribution is 5.78. The van der Waals surface area contributed by atoms with E-state index in [9.17, 15) is 14.4 Å². The minimum atomic E-state index is -0.237. The van der Waals surface area contributed by atoms with Gasteiger partial charge in [-0.3, -0.25) is 19.0 Å². The fourth-order valence-electron chi connectivity index (χ4n) is 3.41. The summed E-state index contributed by atoms with van der Waals surface area (Å²) in [7, 11) is 1.64. The summed E-state index contributed by atoms with van der Waals surface area (Å²) in [6, 6.07) is 1.68. The number of pyridine rings is 1. The summed E-state index contributed by atoms with van der Waals surface area (Å²) in [4.78, 5) is 42.6. The molecule has 0 saturated heterocycles. The van der Waals surface area contributed by atoms with E-state index >= 15 is 0 Å². The monoisotopic (exact) mass is 301 g/mol. The zero-order valence-electron chi connectivity index (χ0n) is 12.8. The van der Waals surface area contributed by atoms with Gasteiger partial charge in [0.15, 0.2) is 0 Å². The summed E-state index contributed by atoms with van der Waals surface area (Å²) >= 11 is 0. The Morgan fingerprint density at radius 1 is 1.27 bits per heavy atom. The van der Waals surface area contributed by atoms with Crippen LogP contribution >= 0.6 is 0 Å². The van der Waals surface area contributed by atoms with Gasteiger partial charge in [-0.1, -0.05) is 0 Å². The van der Waals surface area contributed by atoms with Crippen molar-refractivity contribution in [3.05, 3.63) is 38.7 Å². The summed E-state index contributed by atoms with van der Waals surface area (Å²) < 4.78 is 1.44. The Hall–Kier alpha value is -2.24. The van der Waals surface area contributed by atoms with E-state index in [0.29, 0.717) is 16.6 Å². The Kier molecular flexibility index (Phi) is 3.68. The molecule has 6 nitrogen and oxygen atoms in total. The lowest BCUT2D eigenvalue weighted by Crippen LogP contribution is -2.28. The van der Waals surface area contributed by atoms with Crippen LogP contribution in [0, 0.1) is 5.92 Å². The van der Waals surface area contributed by atoms with Crippen molar-refractivity contribution in [2.24, 2.45) is 13.0 Å². The molecule has 1 aliphatic carbocycles. The molecule has 6 heteroatoms. The molecule has 116 valence electrons. The third-order valence-electron chi connectivity index (χ3n) is 4.78. The topological polar surface area (TPSA) is 84.8 Å². The molecule has 22 heavy (non-hydrogen) atoms. The van der Waals surface area contributed by atoms with Crippen molar-refractivity contribution in [2.45, 2.75) is 38.5 Å². The molecular weight excluding hydrogens is 282 g/mol. The minimum absolute atomic E-state index is 0.100. The molecule has 2 aromatic rings. The molecule has 0 atom stereocenters. The van der Waals surface area contributed by atoms with Crippen molar-refractivity contribution < 1.29 is 4.79 Å². The highest BCUT2D eigenvalue weighted by atomic mass is 16.1. The number of H-pyrrole nitrogens is 1. The number of aromatic nitrogens is 3. The van der Waals surface area contributed by atoms with Crippen LogP contribution < -0.4 is 11.1 Å². The van der Waals surface area contributed by atoms with Crippen LogP contribution in [0.3, 0.4) is 0 Å². The van der Waals surface area contributed by atoms with Gasteiger partial charge in [-0.05, 0) is 44.6 Å². The second-order valence-corrected chi connectivity index (χ2v) is 6.09. The van der Waals surface area contributed by atoms with Crippen LogP contribution in [0.5, 0.6) is 0 Å². The number of nitrogens with zero attached hydrogens (tertiary/aromatic N) is 2. The first-order valence-corrected chi connectivity index (χ1v) is 7.56. The minimum Gasteiger partial charge on any atom is -0.313 e. The van der Waals surface area contributed by atoms with E-state index in [1.54, 1.807) is 20.0 Å². The molecule has 1 saturated carbocycles. The average Bonchev–Trinajstić information content (AvgIpc) is 2.51. The third-order valence-corrected chi connectivity index (χ3v) is 4.78. The number of aryl methyl sites for hydroxylation is 1. The van der Waals surface area contributed by atoms with Crippen LogP contribution in [0.4, 0.5) is 0 Å². The van der Waals surface area contributed by atoms with Crippen molar-refractivity contribution in [1.82, 2.24) is 14.5 Å². The number of hydrogen-bond donors (Lipinski definition) is 1. The van der Waals surface area contributed by atoms with Gasteiger partial charge in [0.25, 0.3) is 11.1 Å². The first kappa shape index (κ1) is 14.7. The number of nitrogens with one attached hydrogen (secondary N) is 1. The fraction of sp³-hybridized carbons (Fsp3) is 0.500. The van der Waals surface area contributed by atoms with Gasteiger partial charge >= 0.3 is 0 Å². The van der Waals surface area contributed by atoms with E-state index in [1.165, 1.54) is 10.9 Å². The Bertz CT molecular complexity index is 842. The number of fused-ring (bicyclic) bond motifs is 1. The van der Waals surface area contributed by atoms with Gasteiger partial charge in [0, 0.05) is 18.5 Å². The van der Waals surface area contributed by atoms with E-state index < -0.39 is 0 Å². The van der Waals surface area contributed by atoms with Gasteiger partial charge in [0.05, 0.1) is 11.7 Å². The van der Waals surface area contributed by atoms with Gasteiger partial charge < -0.3 is 4.98 Å². The van der Waals surface area contributed by atoms with Gasteiger partial charge in [-0.2, -0.15) is 0 Å². The number of ketones is 1. The second kappa shape index (κ2) is 5.51. The smallest absolute Gasteiger partial charge is 0.260 e. The highest BCUT2D eigenvalue weighted by Crippen LogP contribution is 2.35. The lowest BCUT2D eigenvalue weighted by atomic mass is 9.77. The molecule has 2 heterocycles. The Labute approximate surface area is 127 Å². The quantitative estimate of drug-likeness (QED) is 0.910. The predicted octanol–water partition coefficient (Wildman–Crippen LogP) is 1.48. The van der Waals surface area contributed by atoms with E-state index in [4.69, 9.17) is 0 Å². The number of carbonyl (C=O) groups is 1. The zero-order chi connectivity index (χ0) is 15.9. The molecule has 0 aromatic carbocycles. The average molecular weight is 301 g/mol. The highest BCUT2D eigenvalue weighted by Gasteiger charge is 2.27. The summed E-state index contributed by atoms with van der Waals surface area (Å²) in [5, 5.41) is 0.438. The summed E-state index contributed by atoms with van der Waals surface area (Å²) in [5.74, 6) is 0.453. The molecule has 0 bridgehead atoms. The molecule has 0 radical (unpaired) electrons. The first-order valence-electron chi connectivity index (χ1n) is 7.56. The Morgan fingerprint density at radius 3 is 2.59 bits per heavy atom. The maximum Gasteiger partial charge on any atom is 0.260 e. The maximum atomic E-state index is 12.6. The van der Waals surface area contributed by atoms with Crippen molar-refractivity contribution in [2.75, 3.05) is 0 Å². The summed E-state index contributed by atoms with van der Waals surface area (Å²) in [6.45, 7) is 1.63. The molecule has 0 spiro atoms. The van der Waals surface area contributed by atoms with E-state index in [2.05, 4.69) is 9.97 Å². The summed E-state index contributed by atoms with van der Waals surface area (Å²) in [6.07, 6.45) is 4.54. The number of rotatable bonds is 2. The van der Waals surface area contributed by atoms with Gasteiger partial charge in [0.1, 0.15) is 11.4 Å². The van der Waals surface area contributed by atoms with Crippen molar-refractivity contribution in [3.8, 4) is 0 Å². The molecule has 0 unspecified atom stereocenters. The van der Waals surface area contributed by atoms with Crippen LogP contribution in [0.2, 0.25) is 0 Å². The Balaban J connectivity index is 2.04. The second-order valence-electron chi connectivity index (χ2n) is 6.09. The van der Waals surface area contributed by atoms with Crippen LogP contribution in [-0.4, -0.2) is 20.3 Å². The number of hydrogen-bond acceptors (Lipinski definition) is 4. The molecule has 2 aromatic heterocycles. The normalized spacial score (nSPS) is 21.9. The van der Waals surface area contributed by atoms with Gasteiger partial charge in [-0.25, -0.2) is 4.98 Å². The van der Waals surface area contributed by atoms with Gasteiger partial charge in [-0.15, -0.1) is 0 Å². The van der Waals surface area contributed by atoms with Crippen LogP contribution in [0.15, 0.2) is 22.0 Å². The van der Waals surface area contributed by atoms with Crippen molar-refractivity contribution in [1.29, 1.82) is 0 Å². The molecule has 1 fully saturated rings. The lowest BCUT2D eigenvalue weighted by Gasteiger charge is -2.27.